The van der Waals surface area contributed by atoms with E-state index < -0.39 is 0 Å². The van der Waals surface area contributed by atoms with Gasteiger partial charge in [0.15, 0.2) is 5.11 Å². The average molecular weight is 238 g/mol. The molecule has 0 bridgehead atoms. The third-order valence-electron chi connectivity index (χ3n) is 2.00. The van der Waals surface area contributed by atoms with E-state index in [1.165, 1.54) is 0 Å². The molecular weight excluding hydrogens is 220 g/mol. The van der Waals surface area contributed by atoms with Gasteiger partial charge in [-0.2, -0.15) is 0 Å². The number of rotatable bonds is 4. The molecule has 1 rings (SSSR count). The van der Waals surface area contributed by atoms with E-state index in [0.29, 0.717) is 5.11 Å². The Bertz CT molecular complexity index is 334. The van der Waals surface area contributed by atoms with Crippen molar-refractivity contribution in [3.8, 4) is 0 Å². The summed E-state index contributed by atoms with van der Waals surface area (Å²) in [7, 11) is 4.05. The number of aromatic nitrogens is 1. The van der Waals surface area contributed by atoms with Gasteiger partial charge in [0.05, 0.1) is 0 Å². The summed E-state index contributed by atoms with van der Waals surface area (Å²) in [6, 6.07) is 3.91. The number of hydrogen-bond acceptors (Lipinski definition) is 3. The van der Waals surface area contributed by atoms with E-state index in [-0.39, 0.29) is 0 Å². The largest absolute Gasteiger partial charge is 0.361 e. The van der Waals surface area contributed by atoms with Crippen LogP contribution in [0.2, 0.25) is 0 Å². The summed E-state index contributed by atoms with van der Waals surface area (Å²) in [4.78, 5) is 6.31. The highest BCUT2D eigenvalue weighted by Gasteiger charge is 1.98. The molecule has 4 nitrogen and oxygen atoms in total. The van der Waals surface area contributed by atoms with Gasteiger partial charge in [-0.3, -0.25) is 0 Å². The van der Waals surface area contributed by atoms with Crippen molar-refractivity contribution in [2.45, 2.75) is 6.92 Å². The lowest BCUT2D eigenvalue weighted by Gasteiger charge is -2.12. The fourth-order valence-corrected chi connectivity index (χ4v) is 1.30. The number of nitrogens with zero attached hydrogens (tertiary/aromatic N) is 2. The van der Waals surface area contributed by atoms with Gasteiger partial charge in [0, 0.05) is 19.3 Å². The van der Waals surface area contributed by atoms with E-state index in [1.807, 2.05) is 39.3 Å². The van der Waals surface area contributed by atoms with Crippen molar-refractivity contribution in [2.75, 3.05) is 32.5 Å². The monoisotopic (exact) mass is 238 g/mol. The third-order valence-corrected chi connectivity index (χ3v) is 2.24. The molecule has 1 aromatic rings. The van der Waals surface area contributed by atoms with Crippen LogP contribution in [0.15, 0.2) is 18.3 Å². The summed E-state index contributed by atoms with van der Waals surface area (Å²) in [6.07, 6.45) is 1.81. The first-order valence-corrected chi connectivity index (χ1v) is 5.61. The van der Waals surface area contributed by atoms with E-state index in [4.69, 9.17) is 12.2 Å². The SMILES string of the molecule is Cc1ccc(NC(=S)NCCN(C)C)nc1. The van der Waals surface area contributed by atoms with E-state index in [2.05, 4.69) is 20.5 Å². The Balaban J connectivity index is 2.31. The zero-order valence-electron chi connectivity index (χ0n) is 9.95. The molecule has 0 fully saturated rings. The Morgan fingerprint density at radius 3 is 2.75 bits per heavy atom. The Kier molecular flexibility index (Phi) is 5.14. The number of aryl methyl sites for hydroxylation is 1. The van der Waals surface area contributed by atoms with Crippen molar-refractivity contribution in [1.29, 1.82) is 0 Å². The molecule has 0 radical (unpaired) electrons. The molecule has 0 saturated carbocycles. The van der Waals surface area contributed by atoms with Gasteiger partial charge in [-0.1, -0.05) is 6.07 Å². The summed E-state index contributed by atoms with van der Waals surface area (Å²) < 4.78 is 0. The van der Waals surface area contributed by atoms with Crippen LogP contribution >= 0.6 is 12.2 Å². The van der Waals surface area contributed by atoms with Crippen molar-refractivity contribution in [3.05, 3.63) is 23.9 Å². The highest BCUT2D eigenvalue weighted by Crippen LogP contribution is 2.03. The lowest BCUT2D eigenvalue weighted by atomic mass is 10.3. The number of likely N-dealkylation sites (N-methyl/N-ethyl adjacent to an activating group) is 1. The maximum Gasteiger partial charge on any atom is 0.171 e. The van der Waals surface area contributed by atoms with E-state index in [1.54, 1.807) is 0 Å². The molecule has 0 amide bonds. The van der Waals surface area contributed by atoms with Gasteiger partial charge in [-0.25, -0.2) is 4.98 Å². The van der Waals surface area contributed by atoms with Crippen LogP contribution in [0.5, 0.6) is 0 Å². The molecule has 0 aliphatic carbocycles. The molecule has 5 heteroatoms. The topological polar surface area (TPSA) is 40.2 Å². The lowest BCUT2D eigenvalue weighted by molar-refractivity contribution is 0.413. The summed E-state index contributed by atoms with van der Waals surface area (Å²) in [5.41, 5.74) is 1.14. The number of nitrogens with one attached hydrogen (secondary N) is 2. The average Bonchev–Trinajstić information content (AvgIpc) is 2.21. The molecule has 0 atom stereocenters. The quantitative estimate of drug-likeness (QED) is 0.772. The first kappa shape index (κ1) is 12.9. The van der Waals surface area contributed by atoms with Crippen LogP contribution in [0, 0.1) is 6.92 Å². The third kappa shape index (κ3) is 5.04. The standard InChI is InChI=1S/C11H18N4S/c1-9-4-5-10(13-8-9)14-11(16)12-6-7-15(2)3/h4-5,8H,6-7H2,1-3H3,(H2,12,13,14,16). The molecule has 16 heavy (non-hydrogen) atoms. The second-order valence-corrected chi connectivity index (χ2v) is 4.31. The summed E-state index contributed by atoms with van der Waals surface area (Å²) in [6.45, 7) is 3.78. The number of anilines is 1. The van der Waals surface area contributed by atoms with Crippen molar-refractivity contribution in [3.63, 3.8) is 0 Å². The number of hydrogen-bond donors (Lipinski definition) is 2. The van der Waals surface area contributed by atoms with Gasteiger partial charge >= 0.3 is 0 Å². The number of thiocarbonyl (C=S) groups is 1. The Morgan fingerprint density at radius 1 is 1.44 bits per heavy atom. The van der Waals surface area contributed by atoms with E-state index >= 15 is 0 Å². The molecule has 0 aliphatic heterocycles. The first-order valence-electron chi connectivity index (χ1n) is 5.20. The minimum atomic E-state index is 0.609. The summed E-state index contributed by atoms with van der Waals surface area (Å²) >= 11 is 5.14. The lowest BCUT2D eigenvalue weighted by Crippen LogP contribution is -2.34. The van der Waals surface area contributed by atoms with Crippen molar-refractivity contribution in [1.82, 2.24) is 15.2 Å². The predicted molar refractivity (Wildman–Crippen MR) is 71.8 cm³/mol. The zero-order valence-corrected chi connectivity index (χ0v) is 10.8. The predicted octanol–water partition coefficient (Wildman–Crippen LogP) is 1.24. The highest BCUT2D eigenvalue weighted by molar-refractivity contribution is 7.80. The second kappa shape index (κ2) is 6.40. The fraction of sp³-hybridized carbons (Fsp3) is 0.455. The molecule has 0 saturated heterocycles. The molecular formula is C11H18N4S. The summed E-state index contributed by atoms with van der Waals surface area (Å²) in [5.74, 6) is 0.771. The smallest absolute Gasteiger partial charge is 0.171 e. The molecule has 88 valence electrons. The van der Waals surface area contributed by atoms with Gasteiger partial charge < -0.3 is 15.5 Å². The molecule has 0 spiro atoms. The van der Waals surface area contributed by atoms with E-state index in [0.717, 1.165) is 24.5 Å². The van der Waals surface area contributed by atoms with Gasteiger partial charge in [0.25, 0.3) is 0 Å². The van der Waals surface area contributed by atoms with Gasteiger partial charge in [-0.05, 0) is 44.9 Å². The fourth-order valence-electron chi connectivity index (χ4n) is 1.10. The number of pyridine rings is 1. The van der Waals surface area contributed by atoms with E-state index in [9.17, 15) is 0 Å². The van der Waals surface area contributed by atoms with Crippen LogP contribution < -0.4 is 10.6 Å². The van der Waals surface area contributed by atoms with Crippen molar-refractivity contribution >= 4 is 23.1 Å². The Labute approximate surface area is 102 Å². The minimum Gasteiger partial charge on any atom is -0.361 e. The maximum atomic E-state index is 5.14. The van der Waals surface area contributed by atoms with Crippen molar-refractivity contribution < 1.29 is 0 Å². The molecule has 0 unspecified atom stereocenters. The molecule has 1 heterocycles. The van der Waals surface area contributed by atoms with Crippen LogP contribution in [-0.4, -0.2) is 42.2 Å². The molecule has 0 aliphatic rings. The van der Waals surface area contributed by atoms with Gasteiger partial charge in [0.1, 0.15) is 5.82 Å². The summed E-state index contributed by atoms with van der Waals surface area (Å²) in [5, 5.41) is 6.76. The van der Waals surface area contributed by atoms with Crippen LogP contribution in [-0.2, 0) is 0 Å². The Hall–Kier alpha value is -1.20. The van der Waals surface area contributed by atoms with Crippen molar-refractivity contribution in [2.24, 2.45) is 0 Å². The van der Waals surface area contributed by atoms with Gasteiger partial charge in [0.2, 0.25) is 0 Å². The van der Waals surface area contributed by atoms with Crippen LogP contribution in [0.4, 0.5) is 5.82 Å². The molecule has 0 aromatic carbocycles. The normalized spacial score (nSPS) is 10.2. The maximum absolute atomic E-state index is 5.14. The minimum absolute atomic E-state index is 0.609. The van der Waals surface area contributed by atoms with Crippen LogP contribution in [0.1, 0.15) is 5.56 Å². The molecule has 1 aromatic heterocycles. The van der Waals surface area contributed by atoms with Crippen LogP contribution in [0.25, 0.3) is 0 Å². The zero-order chi connectivity index (χ0) is 12.0. The Morgan fingerprint density at radius 2 is 2.19 bits per heavy atom. The first-order chi connectivity index (χ1) is 7.58. The molecule has 2 N–H and O–H groups in total. The highest BCUT2D eigenvalue weighted by atomic mass is 32.1. The van der Waals surface area contributed by atoms with Crippen LogP contribution in [0.3, 0.4) is 0 Å². The second-order valence-electron chi connectivity index (χ2n) is 3.90. The van der Waals surface area contributed by atoms with Gasteiger partial charge in [-0.15, -0.1) is 0 Å².